The number of rotatable bonds is 10. The van der Waals surface area contributed by atoms with Crippen molar-refractivity contribution in [3.8, 4) is 5.75 Å². The predicted octanol–water partition coefficient (Wildman–Crippen LogP) is 5.14. The molecule has 2 aromatic heterocycles. The van der Waals surface area contributed by atoms with E-state index >= 15 is 0 Å². The molecule has 0 spiro atoms. The molecule has 176 valence electrons. The number of nitrogens with one attached hydrogen (secondary N) is 1. The number of esters is 1. The van der Waals surface area contributed by atoms with Crippen LogP contribution in [0.25, 0.3) is 10.9 Å². The minimum absolute atomic E-state index is 0.117. The molecule has 0 unspecified atom stereocenters. The molecule has 0 bridgehead atoms. The van der Waals surface area contributed by atoms with E-state index in [-0.39, 0.29) is 11.7 Å². The van der Waals surface area contributed by atoms with Gasteiger partial charge in [-0.05, 0) is 49.4 Å². The number of carbonyl (C=O) groups excluding carboxylic acids is 2. The van der Waals surface area contributed by atoms with Crippen molar-refractivity contribution in [2.75, 3.05) is 20.3 Å². The molecular formula is C26H26N2O5S. The second-order valence-corrected chi connectivity index (χ2v) is 8.48. The summed E-state index contributed by atoms with van der Waals surface area (Å²) >= 11 is 1.63. The number of ether oxygens (including phenoxy) is 2. The van der Waals surface area contributed by atoms with Crippen LogP contribution in [0.2, 0.25) is 0 Å². The quantitative estimate of drug-likeness (QED) is 0.251. The van der Waals surface area contributed by atoms with Crippen LogP contribution in [-0.2, 0) is 17.0 Å². The van der Waals surface area contributed by atoms with Crippen LogP contribution in [0.15, 0.2) is 76.2 Å². The fraction of sp³-hybridized carbons (Fsp3) is 0.231. The number of nitrogens with zero attached hydrogens (tertiary/aromatic N) is 1. The first-order valence-electron chi connectivity index (χ1n) is 11.0. The standard InChI is InChI=1S/C26H26N2O5S/c1-3-32-19-10-8-18(9-11-19)25(29)27-14-15-28-16-24(21-6-4-5-7-22(21)28)34-17-20-12-13-23(33-20)26(30)31-2/h4-13,16H,3,14-15,17H2,1-2H3,(H,27,29). The lowest BCUT2D eigenvalue weighted by Crippen LogP contribution is -2.27. The molecule has 0 aliphatic heterocycles. The second kappa shape index (κ2) is 11.0. The summed E-state index contributed by atoms with van der Waals surface area (Å²) in [5.74, 6) is 1.63. The summed E-state index contributed by atoms with van der Waals surface area (Å²) in [6.07, 6.45) is 2.09. The Morgan fingerprint density at radius 1 is 1.06 bits per heavy atom. The van der Waals surface area contributed by atoms with Crippen LogP contribution in [0.1, 0.15) is 33.6 Å². The molecular weight excluding hydrogens is 452 g/mol. The normalized spacial score (nSPS) is 10.9. The van der Waals surface area contributed by atoms with E-state index in [4.69, 9.17) is 13.9 Å². The highest BCUT2D eigenvalue weighted by Crippen LogP contribution is 2.32. The number of hydrogen-bond donors (Lipinski definition) is 1. The minimum atomic E-state index is -0.486. The second-order valence-electron chi connectivity index (χ2n) is 7.46. The predicted molar refractivity (Wildman–Crippen MR) is 131 cm³/mol. The minimum Gasteiger partial charge on any atom is -0.494 e. The number of methoxy groups -OCH3 is 1. The lowest BCUT2D eigenvalue weighted by Gasteiger charge is -2.08. The van der Waals surface area contributed by atoms with Crippen LogP contribution in [0.5, 0.6) is 5.75 Å². The number of aromatic nitrogens is 1. The van der Waals surface area contributed by atoms with Crippen molar-refractivity contribution in [1.82, 2.24) is 9.88 Å². The van der Waals surface area contributed by atoms with Crippen LogP contribution in [0.4, 0.5) is 0 Å². The average Bonchev–Trinajstić information content (AvgIpc) is 3.48. The van der Waals surface area contributed by atoms with E-state index in [1.54, 1.807) is 48.2 Å². The number of amides is 1. The molecule has 34 heavy (non-hydrogen) atoms. The van der Waals surface area contributed by atoms with Gasteiger partial charge in [0, 0.05) is 40.6 Å². The first kappa shape index (κ1) is 23.5. The maximum Gasteiger partial charge on any atom is 0.373 e. The van der Waals surface area contributed by atoms with Crippen molar-refractivity contribution in [1.29, 1.82) is 0 Å². The molecule has 0 fully saturated rings. The molecule has 0 radical (unpaired) electrons. The van der Waals surface area contributed by atoms with E-state index in [0.717, 1.165) is 21.5 Å². The summed E-state index contributed by atoms with van der Waals surface area (Å²) in [6.45, 7) is 3.65. The van der Waals surface area contributed by atoms with Crippen molar-refractivity contribution < 1.29 is 23.5 Å². The highest BCUT2D eigenvalue weighted by Gasteiger charge is 2.14. The highest BCUT2D eigenvalue weighted by atomic mass is 32.2. The van der Waals surface area contributed by atoms with Gasteiger partial charge < -0.3 is 23.8 Å². The third-order valence-corrected chi connectivity index (χ3v) is 6.30. The molecule has 0 saturated heterocycles. The number of carbonyl (C=O) groups is 2. The van der Waals surface area contributed by atoms with Crippen molar-refractivity contribution >= 4 is 34.5 Å². The molecule has 1 amide bonds. The topological polar surface area (TPSA) is 82.7 Å². The monoisotopic (exact) mass is 478 g/mol. The third-order valence-electron chi connectivity index (χ3n) is 5.24. The lowest BCUT2D eigenvalue weighted by molar-refractivity contribution is 0.0563. The van der Waals surface area contributed by atoms with Gasteiger partial charge in [-0.15, -0.1) is 11.8 Å². The zero-order valence-corrected chi connectivity index (χ0v) is 19.9. The third kappa shape index (κ3) is 5.46. The Bertz CT molecular complexity index is 1280. The maximum absolute atomic E-state index is 12.5. The van der Waals surface area contributed by atoms with Gasteiger partial charge in [0.15, 0.2) is 0 Å². The zero-order valence-electron chi connectivity index (χ0n) is 19.1. The number of furan rings is 1. The number of benzene rings is 2. The molecule has 4 aromatic rings. The van der Waals surface area contributed by atoms with Crippen LogP contribution in [0.3, 0.4) is 0 Å². The molecule has 7 nitrogen and oxygen atoms in total. The number of fused-ring (bicyclic) bond motifs is 1. The summed E-state index contributed by atoms with van der Waals surface area (Å²) in [4.78, 5) is 25.2. The van der Waals surface area contributed by atoms with Gasteiger partial charge in [0.2, 0.25) is 5.76 Å². The first-order valence-corrected chi connectivity index (χ1v) is 12.0. The van der Waals surface area contributed by atoms with Gasteiger partial charge in [0.1, 0.15) is 11.5 Å². The summed E-state index contributed by atoms with van der Waals surface area (Å²) in [7, 11) is 1.33. The van der Waals surface area contributed by atoms with Gasteiger partial charge in [-0.25, -0.2) is 4.79 Å². The lowest BCUT2D eigenvalue weighted by atomic mass is 10.2. The van der Waals surface area contributed by atoms with E-state index in [1.807, 2.05) is 19.1 Å². The number of para-hydroxylation sites is 1. The van der Waals surface area contributed by atoms with Gasteiger partial charge in [0.25, 0.3) is 5.91 Å². The van der Waals surface area contributed by atoms with Gasteiger partial charge in [0.05, 0.1) is 19.5 Å². The zero-order chi connectivity index (χ0) is 23.9. The van der Waals surface area contributed by atoms with Crippen molar-refractivity contribution in [2.24, 2.45) is 0 Å². The van der Waals surface area contributed by atoms with Gasteiger partial charge in [-0.3, -0.25) is 4.79 Å². The molecule has 4 rings (SSSR count). The number of hydrogen-bond acceptors (Lipinski definition) is 6. The van der Waals surface area contributed by atoms with E-state index in [1.165, 1.54) is 7.11 Å². The Balaban J connectivity index is 1.39. The largest absolute Gasteiger partial charge is 0.494 e. The SMILES string of the molecule is CCOc1ccc(C(=O)NCCn2cc(SCc3ccc(C(=O)OC)o3)c3ccccc32)cc1. The number of thioether (sulfide) groups is 1. The molecule has 1 N–H and O–H groups in total. The van der Waals surface area contributed by atoms with E-state index in [2.05, 4.69) is 28.2 Å². The van der Waals surface area contributed by atoms with Crippen LogP contribution >= 0.6 is 11.8 Å². The van der Waals surface area contributed by atoms with Gasteiger partial charge >= 0.3 is 5.97 Å². The van der Waals surface area contributed by atoms with Crippen LogP contribution < -0.4 is 10.1 Å². The van der Waals surface area contributed by atoms with E-state index in [9.17, 15) is 9.59 Å². The Kier molecular flexibility index (Phi) is 7.59. The van der Waals surface area contributed by atoms with E-state index in [0.29, 0.717) is 36.8 Å². The van der Waals surface area contributed by atoms with Crippen LogP contribution in [-0.4, -0.2) is 36.7 Å². The Morgan fingerprint density at radius 3 is 2.62 bits per heavy atom. The summed E-state index contributed by atoms with van der Waals surface area (Å²) in [6, 6.07) is 18.7. The van der Waals surface area contributed by atoms with Crippen molar-refractivity contribution in [2.45, 2.75) is 24.1 Å². The summed E-state index contributed by atoms with van der Waals surface area (Å²) in [5, 5.41) is 4.11. The van der Waals surface area contributed by atoms with Gasteiger partial charge in [-0.1, -0.05) is 18.2 Å². The molecule has 0 aliphatic carbocycles. The molecule has 0 aliphatic rings. The fourth-order valence-electron chi connectivity index (χ4n) is 3.59. The Hall–Kier alpha value is -3.65. The fourth-order valence-corrected chi connectivity index (χ4v) is 4.57. The smallest absolute Gasteiger partial charge is 0.373 e. The summed E-state index contributed by atoms with van der Waals surface area (Å²) in [5.41, 5.74) is 1.69. The molecule has 2 aromatic carbocycles. The average molecular weight is 479 g/mol. The van der Waals surface area contributed by atoms with Gasteiger partial charge in [-0.2, -0.15) is 0 Å². The Morgan fingerprint density at radius 2 is 1.85 bits per heavy atom. The van der Waals surface area contributed by atoms with Crippen LogP contribution in [0, 0.1) is 0 Å². The Labute approximate surface area is 202 Å². The molecule has 0 atom stereocenters. The molecule has 2 heterocycles. The maximum atomic E-state index is 12.5. The van der Waals surface area contributed by atoms with E-state index < -0.39 is 5.97 Å². The molecule has 8 heteroatoms. The first-order chi connectivity index (χ1) is 16.6. The van der Waals surface area contributed by atoms with Crippen molar-refractivity contribution in [3.63, 3.8) is 0 Å². The summed E-state index contributed by atoms with van der Waals surface area (Å²) < 4.78 is 17.8. The highest BCUT2D eigenvalue weighted by molar-refractivity contribution is 7.98. The molecule has 0 saturated carbocycles. The van der Waals surface area contributed by atoms with Crippen molar-refractivity contribution in [3.05, 3.63) is 83.9 Å².